The lowest BCUT2D eigenvalue weighted by Gasteiger charge is -2.00. The number of halogens is 3. The monoisotopic (exact) mass is 290 g/mol. The highest BCUT2D eigenvalue weighted by Gasteiger charge is 2.15. The zero-order chi connectivity index (χ0) is 10.0. The molecule has 0 spiro atoms. The van der Waals surface area contributed by atoms with Crippen LogP contribution in [0.5, 0.6) is 0 Å². The predicted octanol–water partition coefficient (Wildman–Crippen LogP) is 2.31. The Labute approximate surface area is 86.5 Å². The van der Waals surface area contributed by atoms with Gasteiger partial charge in [0.15, 0.2) is 11.6 Å². The van der Waals surface area contributed by atoms with Crippen molar-refractivity contribution in [1.82, 2.24) is 0 Å². The molecule has 1 aromatic carbocycles. The maximum atomic E-state index is 12.9. The van der Waals surface area contributed by atoms with Gasteiger partial charge in [-0.1, -0.05) is 0 Å². The summed E-state index contributed by atoms with van der Waals surface area (Å²) in [5.74, 6) is -2.35. The predicted molar refractivity (Wildman–Crippen MR) is 48.5 cm³/mol. The average Bonchev–Trinajstić information content (AvgIpc) is 2.15. The Morgan fingerprint density at radius 1 is 1.08 bits per heavy atom. The molecule has 5 heteroatoms. The van der Waals surface area contributed by atoms with Gasteiger partial charge in [-0.2, -0.15) is 10.5 Å². The van der Waals surface area contributed by atoms with Crippen LogP contribution in [-0.4, -0.2) is 0 Å². The Balaban J connectivity index is 3.60. The average molecular weight is 290 g/mol. The number of nitriles is 2. The van der Waals surface area contributed by atoms with Gasteiger partial charge in [-0.15, -0.1) is 0 Å². The fourth-order valence-corrected chi connectivity index (χ4v) is 1.28. The van der Waals surface area contributed by atoms with Crippen LogP contribution < -0.4 is 0 Å². The summed E-state index contributed by atoms with van der Waals surface area (Å²) in [4.78, 5) is 0. The van der Waals surface area contributed by atoms with Crippen LogP contribution in [0.15, 0.2) is 6.07 Å². The zero-order valence-corrected chi connectivity index (χ0v) is 8.26. The van der Waals surface area contributed by atoms with Crippen LogP contribution in [0.4, 0.5) is 8.78 Å². The summed E-state index contributed by atoms with van der Waals surface area (Å²) >= 11 is 1.52. The minimum absolute atomic E-state index is 0.0314. The van der Waals surface area contributed by atoms with Crippen molar-refractivity contribution in [1.29, 1.82) is 10.5 Å². The van der Waals surface area contributed by atoms with Crippen molar-refractivity contribution < 1.29 is 8.78 Å². The first-order chi connectivity index (χ1) is 6.11. The molecule has 0 aliphatic heterocycles. The molecule has 0 saturated heterocycles. The SMILES string of the molecule is N#Cc1cc(C#N)c(I)c(F)c1F. The van der Waals surface area contributed by atoms with Crippen molar-refractivity contribution >= 4 is 22.6 Å². The van der Waals surface area contributed by atoms with Crippen molar-refractivity contribution in [3.63, 3.8) is 0 Å². The minimum Gasteiger partial charge on any atom is -0.202 e. The smallest absolute Gasteiger partial charge is 0.177 e. The van der Waals surface area contributed by atoms with Crippen molar-refractivity contribution in [2.75, 3.05) is 0 Å². The first-order valence-electron chi connectivity index (χ1n) is 3.09. The van der Waals surface area contributed by atoms with E-state index in [1.54, 1.807) is 6.07 Å². The molecule has 0 heterocycles. The summed E-state index contributed by atoms with van der Waals surface area (Å²) < 4.78 is 25.7. The molecule has 0 unspecified atom stereocenters. The molecule has 1 aromatic rings. The Hall–Kier alpha value is -1.21. The van der Waals surface area contributed by atoms with Gasteiger partial charge in [0.25, 0.3) is 0 Å². The lowest BCUT2D eigenvalue weighted by molar-refractivity contribution is 0.501. The van der Waals surface area contributed by atoms with Crippen molar-refractivity contribution in [3.8, 4) is 12.1 Å². The molecular formula is C8HF2IN2. The van der Waals surface area contributed by atoms with Gasteiger partial charge >= 0.3 is 0 Å². The summed E-state index contributed by atoms with van der Waals surface area (Å²) in [5.41, 5.74) is -0.481. The van der Waals surface area contributed by atoms with E-state index < -0.39 is 17.2 Å². The van der Waals surface area contributed by atoms with Crippen LogP contribution in [0.1, 0.15) is 11.1 Å². The third kappa shape index (κ3) is 1.61. The Kier molecular flexibility index (Phi) is 2.79. The van der Waals surface area contributed by atoms with Gasteiger partial charge in [0, 0.05) is 0 Å². The van der Waals surface area contributed by atoms with Gasteiger partial charge in [0.2, 0.25) is 0 Å². The largest absolute Gasteiger partial charge is 0.202 e. The van der Waals surface area contributed by atoms with Gasteiger partial charge in [-0.25, -0.2) is 8.78 Å². The topological polar surface area (TPSA) is 47.6 Å². The van der Waals surface area contributed by atoms with E-state index in [9.17, 15) is 8.78 Å². The standard InChI is InChI=1S/C8HF2IN2/c9-6-4(2-12)1-5(3-13)8(11)7(6)10/h1H. The molecule has 0 atom stereocenters. The molecule has 0 amide bonds. The van der Waals surface area contributed by atoms with Crippen LogP contribution in [0.2, 0.25) is 0 Å². The van der Waals surface area contributed by atoms with E-state index in [0.717, 1.165) is 6.07 Å². The van der Waals surface area contributed by atoms with Crippen LogP contribution >= 0.6 is 22.6 Å². The van der Waals surface area contributed by atoms with Gasteiger partial charge < -0.3 is 0 Å². The van der Waals surface area contributed by atoms with E-state index in [1.807, 2.05) is 0 Å². The Morgan fingerprint density at radius 2 is 1.62 bits per heavy atom. The maximum Gasteiger partial charge on any atom is 0.177 e. The minimum atomic E-state index is -1.20. The number of benzene rings is 1. The first kappa shape index (κ1) is 9.87. The molecule has 1 rings (SSSR count). The molecule has 2 nitrogen and oxygen atoms in total. The summed E-state index contributed by atoms with van der Waals surface area (Å²) in [6, 6.07) is 4.17. The van der Waals surface area contributed by atoms with Gasteiger partial charge in [0.1, 0.15) is 12.1 Å². The Morgan fingerprint density at radius 3 is 2.08 bits per heavy atom. The van der Waals surface area contributed by atoms with Crippen LogP contribution in [0, 0.1) is 37.9 Å². The van der Waals surface area contributed by atoms with Crippen molar-refractivity contribution in [3.05, 3.63) is 32.4 Å². The molecule has 0 N–H and O–H groups in total. The second kappa shape index (κ2) is 3.67. The highest BCUT2D eigenvalue weighted by molar-refractivity contribution is 14.1. The van der Waals surface area contributed by atoms with E-state index >= 15 is 0 Å². The first-order valence-corrected chi connectivity index (χ1v) is 4.17. The summed E-state index contributed by atoms with van der Waals surface area (Å²) in [5, 5.41) is 16.9. The molecule has 0 aromatic heterocycles. The summed E-state index contributed by atoms with van der Waals surface area (Å²) in [6.45, 7) is 0. The quantitative estimate of drug-likeness (QED) is 0.544. The highest BCUT2D eigenvalue weighted by atomic mass is 127. The van der Waals surface area contributed by atoms with Crippen LogP contribution in [0.25, 0.3) is 0 Å². The fraction of sp³-hybridized carbons (Fsp3) is 0. The summed E-state index contributed by atoms with van der Waals surface area (Å²) in [6.07, 6.45) is 0. The molecule has 13 heavy (non-hydrogen) atoms. The zero-order valence-electron chi connectivity index (χ0n) is 6.11. The van der Waals surface area contributed by atoms with Crippen LogP contribution in [-0.2, 0) is 0 Å². The van der Waals surface area contributed by atoms with Crippen molar-refractivity contribution in [2.45, 2.75) is 0 Å². The van der Waals surface area contributed by atoms with E-state index in [0.29, 0.717) is 0 Å². The van der Waals surface area contributed by atoms with Gasteiger partial charge in [-0.3, -0.25) is 0 Å². The third-order valence-corrected chi connectivity index (χ3v) is 2.44. The molecule has 64 valence electrons. The van der Waals surface area contributed by atoms with Crippen molar-refractivity contribution in [2.24, 2.45) is 0 Å². The molecule has 0 aliphatic rings. The molecular weight excluding hydrogens is 289 g/mol. The van der Waals surface area contributed by atoms with E-state index in [4.69, 9.17) is 10.5 Å². The van der Waals surface area contributed by atoms with Gasteiger partial charge in [-0.05, 0) is 28.7 Å². The van der Waals surface area contributed by atoms with E-state index in [-0.39, 0.29) is 9.13 Å². The second-order valence-electron chi connectivity index (χ2n) is 2.14. The third-order valence-electron chi connectivity index (χ3n) is 1.39. The molecule has 0 fully saturated rings. The fourth-order valence-electron chi connectivity index (χ4n) is 0.767. The molecule has 0 radical (unpaired) electrons. The van der Waals surface area contributed by atoms with E-state index in [1.165, 1.54) is 28.7 Å². The number of hydrogen-bond donors (Lipinski definition) is 0. The van der Waals surface area contributed by atoms with Gasteiger partial charge in [0.05, 0.1) is 14.7 Å². The number of hydrogen-bond acceptors (Lipinski definition) is 2. The van der Waals surface area contributed by atoms with Crippen LogP contribution in [0.3, 0.4) is 0 Å². The lowest BCUT2D eigenvalue weighted by Crippen LogP contribution is -1.97. The molecule has 0 bridgehead atoms. The lowest BCUT2D eigenvalue weighted by atomic mass is 10.1. The second-order valence-corrected chi connectivity index (χ2v) is 3.22. The molecule has 0 aliphatic carbocycles. The maximum absolute atomic E-state index is 12.9. The van der Waals surface area contributed by atoms with E-state index in [2.05, 4.69) is 0 Å². The normalized spacial score (nSPS) is 9.00. The summed E-state index contributed by atoms with van der Waals surface area (Å²) in [7, 11) is 0. The number of rotatable bonds is 0. The Bertz CT molecular complexity index is 405. The number of nitrogens with zero attached hydrogens (tertiary/aromatic N) is 2. The molecule has 0 saturated carbocycles. The highest BCUT2D eigenvalue weighted by Crippen LogP contribution is 2.21.